The predicted molar refractivity (Wildman–Crippen MR) is 91.5 cm³/mol. The lowest BCUT2D eigenvalue weighted by Gasteiger charge is -2.31. The maximum atomic E-state index is 14.0. The molecule has 0 saturated carbocycles. The Hall–Kier alpha value is -2.76. The summed E-state index contributed by atoms with van der Waals surface area (Å²) in [6.07, 6.45) is 1.68. The van der Waals surface area contributed by atoms with Gasteiger partial charge in [0, 0.05) is 19.2 Å². The quantitative estimate of drug-likeness (QED) is 0.857. The minimum absolute atomic E-state index is 0.370. The van der Waals surface area contributed by atoms with Crippen LogP contribution in [0, 0.1) is 11.6 Å². The smallest absolute Gasteiger partial charge is 0.247 e. The number of carbonyl (C=O) groups is 2. The minimum atomic E-state index is -0.873. The SMILES string of the molecule is CC(=O)N(CC(=O)N1CCCc2ccccc21)c1c(F)cccc1F. The molecule has 2 aromatic rings. The Morgan fingerprint density at radius 2 is 1.76 bits per heavy atom. The molecule has 0 radical (unpaired) electrons. The van der Waals surface area contributed by atoms with Crippen LogP contribution in [0.2, 0.25) is 0 Å². The van der Waals surface area contributed by atoms with Gasteiger partial charge in [-0.05, 0) is 36.6 Å². The summed E-state index contributed by atoms with van der Waals surface area (Å²) in [5.41, 5.74) is 1.35. The molecule has 4 nitrogen and oxygen atoms in total. The number of hydrogen-bond donors (Lipinski definition) is 0. The van der Waals surface area contributed by atoms with E-state index in [2.05, 4.69) is 0 Å². The maximum Gasteiger partial charge on any atom is 0.247 e. The number of rotatable bonds is 3. The minimum Gasteiger partial charge on any atom is -0.311 e. The van der Waals surface area contributed by atoms with Crippen LogP contribution in [0.5, 0.6) is 0 Å². The Labute approximate surface area is 144 Å². The second-order valence-electron chi connectivity index (χ2n) is 5.95. The van der Waals surface area contributed by atoms with Crippen molar-refractivity contribution in [2.75, 3.05) is 22.9 Å². The molecule has 0 saturated heterocycles. The van der Waals surface area contributed by atoms with Gasteiger partial charge < -0.3 is 4.90 Å². The van der Waals surface area contributed by atoms with E-state index < -0.39 is 29.8 Å². The highest BCUT2D eigenvalue weighted by molar-refractivity contribution is 6.03. The monoisotopic (exact) mass is 344 g/mol. The summed E-state index contributed by atoms with van der Waals surface area (Å²) in [6.45, 7) is 1.28. The van der Waals surface area contributed by atoms with Crippen LogP contribution in [0.1, 0.15) is 18.9 Å². The van der Waals surface area contributed by atoms with Crippen molar-refractivity contribution in [2.24, 2.45) is 0 Å². The summed E-state index contributed by atoms with van der Waals surface area (Å²) in [5, 5.41) is 0. The van der Waals surface area contributed by atoms with Crippen LogP contribution in [-0.4, -0.2) is 24.9 Å². The van der Waals surface area contributed by atoms with Crippen molar-refractivity contribution in [3.63, 3.8) is 0 Å². The van der Waals surface area contributed by atoms with E-state index in [9.17, 15) is 18.4 Å². The number of amides is 2. The van der Waals surface area contributed by atoms with Crippen LogP contribution in [0.25, 0.3) is 0 Å². The Morgan fingerprint density at radius 3 is 2.44 bits per heavy atom. The standard InChI is InChI=1S/C19H18F2N2O2/c1-13(24)23(19-15(20)8-4-9-16(19)21)12-18(25)22-11-5-7-14-6-2-3-10-17(14)22/h2-4,6,8-10H,5,7,11-12H2,1H3. The fourth-order valence-corrected chi connectivity index (χ4v) is 3.11. The van der Waals surface area contributed by atoms with Gasteiger partial charge in [0.25, 0.3) is 0 Å². The highest BCUT2D eigenvalue weighted by Gasteiger charge is 2.27. The number of benzene rings is 2. The molecule has 2 amide bonds. The zero-order chi connectivity index (χ0) is 18.0. The van der Waals surface area contributed by atoms with E-state index in [1.54, 1.807) is 4.90 Å². The summed E-state index contributed by atoms with van der Waals surface area (Å²) in [6, 6.07) is 10.9. The van der Waals surface area contributed by atoms with Gasteiger partial charge in [-0.25, -0.2) is 8.78 Å². The first-order valence-electron chi connectivity index (χ1n) is 8.09. The van der Waals surface area contributed by atoms with Gasteiger partial charge >= 0.3 is 0 Å². The summed E-state index contributed by atoms with van der Waals surface area (Å²) < 4.78 is 28.1. The Kier molecular flexibility index (Phi) is 4.79. The third-order valence-electron chi connectivity index (χ3n) is 4.29. The molecule has 1 aliphatic rings. The highest BCUT2D eigenvalue weighted by Crippen LogP contribution is 2.28. The van der Waals surface area contributed by atoms with Crippen LogP contribution in [-0.2, 0) is 16.0 Å². The van der Waals surface area contributed by atoms with Crippen LogP contribution < -0.4 is 9.80 Å². The molecule has 25 heavy (non-hydrogen) atoms. The number of fused-ring (bicyclic) bond motifs is 1. The van der Waals surface area contributed by atoms with E-state index in [1.165, 1.54) is 13.0 Å². The molecule has 0 N–H and O–H groups in total. The van der Waals surface area contributed by atoms with E-state index in [-0.39, 0.29) is 5.91 Å². The number of para-hydroxylation sites is 2. The van der Waals surface area contributed by atoms with Crippen molar-refractivity contribution < 1.29 is 18.4 Å². The molecule has 1 aliphatic heterocycles. The summed E-state index contributed by atoms with van der Waals surface area (Å²) >= 11 is 0. The largest absolute Gasteiger partial charge is 0.311 e. The second-order valence-corrected chi connectivity index (χ2v) is 5.95. The fourth-order valence-electron chi connectivity index (χ4n) is 3.11. The molecule has 130 valence electrons. The van der Waals surface area contributed by atoms with Gasteiger partial charge in [-0.2, -0.15) is 0 Å². The third-order valence-corrected chi connectivity index (χ3v) is 4.29. The Morgan fingerprint density at radius 1 is 1.08 bits per heavy atom. The van der Waals surface area contributed by atoms with Gasteiger partial charge in [0.15, 0.2) is 0 Å². The number of aryl methyl sites for hydroxylation is 1. The Bertz CT molecular complexity index is 803. The van der Waals surface area contributed by atoms with Crippen molar-refractivity contribution in [3.8, 4) is 0 Å². The number of halogens is 2. The molecular formula is C19H18F2N2O2. The summed E-state index contributed by atoms with van der Waals surface area (Å²) in [4.78, 5) is 27.1. The molecule has 0 bridgehead atoms. The molecule has 0 aromatic heterocycles. The van der Waals surface area contributed by atoms with E-state index in [0.29, 0.717) is 6.54 Å². The number of carbonyl (C=O) groups excluding carboxylic acids is 2. The van der Waals surface area contributed by atoms with E-state index in [0.717, 1.165) is 41.1 Å². The van der Waals surface area contributed by atoms with Crippen LogP contribution in [0.4, 0.5) is 20.2 Å². The lowest BCUT2D eigenvalue weighted by Crippen LogP contribution is -2.45. The van der Waals surface area contributed by atoms with E-state index >= 15 is 0 Å². The molecule has 6 heteroatoms. The summed E-state index contributed by atoms with van der Waals surface area (Å²) in [7, 11) is 0. The molecule has 0 aliphatic carbocycles. The lowest BCUT2D eigenvalue weighted by atomic mass is 10.0. The van der Waals surface area contributed by atoms with Gasteiger partial charge in [-0.15, -0.1) is 0 Å². The van der Waals surface area contributed by atoms with Gasteiger partial charge in [0.1, 0.15) is 23.9 Å². The van der Waals surface area contributed by atoms with Gasteiger partial charge in [0.05, 0.1) is 0 Å². The second kappa shape index (κ2) is 7.01. The highest BCUT2D eigenvalue weighted by atomic mass is 19.1. The van der Waals surface area contributed by atoms with E-state index in [4.69, 9.17) is 0 Å². The number of nitrogens with zero attached hydrogens (tertiary/aromatic N) is 2. The average molecular weight is 344 g/mol. The summed E-state index contributed by atoms with van der Waals surface area (Å²) in [5.74, 6) is -2.71. The maximum absolute atomic E-state index is 14.0. The molecule has 2 aromatic carbocycles. The fraction of sp³-hybridized carbons (Fsp3) is 0.263. The topological polar surface area (TPSA) is 40.6 Å². The first-order valence-corrected chi connectivity index (χ1v) is 8.09. The Balaban J connectivity index is 1.89. The molecule has 0 fully saturated rings. The van der Waals surface area contributed by atoms with Crippen LogP contribution in [0.3, 0.4) is 0 Å². The van der Waals surface area contributed by atoms with Crippen molar-refractivity contribution in [2.45, 2.75) is 19.8 Å². The van der Waals surface area contributed by atoms with E-state index in [1.807, 2.05) is 24.3 Å². The van der Waals surface area contributed by atoms with Crippen molar-refractivity contribution >= 4 is 23.2 Å². The molecular weight excluding hydrogens is 326 g/mol. The number of anilines is 2. The first kappa shape index (κ1) is 17.1. The third kappa shape index (κ3) is 3.38. The van der Waals surface area contributed by atoms with Crippen molar-refractivity contribution in [1.29, 1.82) is 0 Å². The van der Waals surface area contributed by atoms with Crippen LogP contribution in [0.15, 0.2) is 42.5 Å². The van der Waals surface area contributed by atoms with Gasteiger partial charge in [-0.1, -0.05) is 24.3 Å². The van der Waals surface area contributed by atoms with Gasteiger partial charge in [-0.3, -0.25) is 14.5 Å². The molecule has 0 atom stereocenters. The lowest BCUT2D eigenvalue weighted by molar-refractivity contribution is -0.121. The predicted octanol–water partition coefficient (Wildman–Crippen LogP) is 3.30. The first-order chi connectivity index (χ1) is 12.0. The van der Waals surface area contributed by atoms with Crippen molar-refractivity contribution in [3.05, 3.63) is 59.7 Å². The molecule has 0 spiro atoms. The molecule has 1 heterocycles. The zero-order valence-corrected chi connectivity index (χ0v) is 13.8. The molecule has 3 rings (SSSR count). The normalized spacial score (nSPS) is 13.3. The molecule has 0 unspecified atom stereocenters. The van der Waals surface area contributed by atoms with Crippen LogP contribution >= 0.6 is 0 Å². The van der Waals surface area contributed by atoms with Gasteiger partial charge in [0.2, 0.25) is 11.8 Å². The van der Waals surface area contributed by atoms with Crippen molar-refractivity contribution in [1.82, 2.24) is 0 Å². The average Bonchev–Trinajstić information content (AvgIpc) is 2.59. The number of hydrogen-bond acceptors (Lipinski definition) is 2. The zero-order valence-electron chi connectivity index (χ0n) is 13.8.